The summed E-state index contributed by atoms with van der Waals surface area (Å²) in [6.07, 6.45) is 1.02. The Morgan fingerprint density at radius 3 is 2.56 bits per heavy atom. The van der Waals surface area contributed by atoms with E-state index in [1.807, 2.05) is 45.9 Å². The summed E-state index contributed by atoms with van der Waals surface area (Å²) >= 11 is 0. The molecule has 0 radical (unpaired) electrons. The first kappa shape index (κ1) is 23.4. The number of pyridine rings is 1. The Labute approximate surface area is 188 Å². The highest BCUT2D eigenvalue weighted by Crippen LogP contribution is 2.36. The standard InChI is InChI=1S/C25H31N3O4/c1-6-18-9-7-16-13-28(24(26)22(16)27-18)14-20(29)17-11-15(8-10-21(30)31)23(32-5)19(12-17)25(2,3)4/h7,9,11-12,26H,6,8,10,13-14H2,1-5H3,(H,30,31). The van der Waals surface area contributed by atoms with Crippen molar-refractivity contribution in [3.63, 3.8) is 0 Å². The van der Waals surface area contributed by atoms with Gasteiger partial charge in [0.05, 0.1) is 13.7 Å². The number of methoxy groups -OCH3 is 1. The number of ketones is 1. The Hall–Kier alpha value is -3.22. The third-order valence-electron chi connectivity index (χ3n) is 5.74. The fraction of sp³-hybridized carbons (Fsp3) is 0.440. The zero-order chi connectivity index (χ0) is 23.6. The number of hydrogen-bond donors (Lipinski definition) is 2. The van der Waals surface area contributed by atoms with Gasteiger partial charge in [0.2, 0.25) is 0 Å². The van der Waals surface area contributed by atoms with E-state index in [-0.39, 0.29) is 36.4 Å². The number of hydrogen-bond acceptors (Lipinski definition) is 5. The molecular weight excluding hydrogens is 406 g/mol. The molecule has 0 bridgehead atoms. The predicted octanol–water partition coefficient (Wildman–Crippen LogP) is 3.99. The van der Waals surface area contributed by atoms with Crippen LogP contribution in [0.5, 0.6) is 5.75 Å². The van der Waals surface area contributed by atoms with E-state index < -0.39 is 5.97 Å². The smallest absolute Gasteiger partial charge is 0.303 e. The average molecular weight is 438 g/mol. The van der Waals surface area contributed by atoms with Crippen LogP contribution in [0.3, 0.4) is 0 Å². The van der Waals surface area contributed by atoms with Crippen LogP contribution in [0.15, 0.2) is 24.3 Å². The molecule has 0 amide bonds. The molecule has 1 aromatic carbocycles. The van der Waals surface area contributed by atoms with Gasteiger partial charge in [-0.2, -0.15) is 0 Å². The Balaban J connectivity index is 1.91. The lowest BCUT2D eigenvalue weighted by atomic mass is 9.83. The molecule has 0 saturated heterocycles. The van der Waals surface area contributed by atoms with E-state index in [2.05, 4.69) is 4.98 Å². The SMILES string of the molecule is CCc1ccc2c(n1)C(=N)N(CC(=O)c1cc(CCC(=O)O)c(OC)c(C(C)(C)C)c1)C2. The third kappa shape index (κ3) is 4.82. The Morgan fingerprint density at radius 1 is 1.25 bits per heavy atom. The fourth-order valence-electron chi connectivity index (χ4n) is 3.97. The zero-order valence-electron chi connectivity index (χ0n) is 19.4. The van der Waals surface area contributed by atoms with Crippen LogP contribution in [0.1, 0.15) is 72.6 Å². The van der Waals surface area contributed by atoms with Crippen LogP contribution in [0.2, 0.25) is 0 Å². The number of rotatable bonds is 8. The molecule has 0 spiro atoms. The first-order chi connectivity index (χ1) is 15.0. The van der Waals surface area contributed by atoms with Crippen LogP contribution in [0.25, 0.3) is 0 Å². The lowest BCUT2D eigenvalue weighted by molar-refractivity contribution is -0.136. The van der Waals surface area contributed by atoms with Gasteiger partial charge in [-0.3, -0.25) is 15.0 Å². The van der Waals surface area contributed by atoms with Crippen molar-refractivity contribution in [2.24, 2.45) is 0 Å². The van der Waals surface area contributed by atoms with Gasteiger partial charge in [0.15, 0.2) is 5.78 Å². The number of aromatic nitrogens is 1. The van der Waals surface area contributed by atoms with Crippen LogP contribution in [-0.2, 0) is 29.6 Å². The highest BCUT2D eigenvalue weighted by molar-refractivity contribution is 6.04. The minimum Gasteiger partial charge on any atom is -0.496 e. The van der Waals surface area contributed by atoms with Crippen molar-refractivity contribution in [3.05, 3.63) is 57.9 Å². The van der Waals surface area contributed by atoms with Crippen molar-refractivity contribution in [2.45, 2.75) is 58.9 Å². The maximum atomic E-state index is 13.3. The number of amidine groups is 1. The number of nitrogens with one attached hydrogen (secondary N) is 1. The number of carboxylic acids is 1. The summed E-state index contributed by atoms with van der Waals surface area (Å²) in [6.45, 7) is 8.65. The summed E-state index contributed by atoms with van der Waals surface area (Å²) in [6, 6.07) is 7.52. The van der Waals surface area contributed by atoms with Gasteiger partial charge < -0.3 is 14.7 Å². The van der Waals surface area contributed by atoms with Gasteiger partial charge in [-0.1, -0.05) is 33.8 Å². The van der Waals surface area contributed by atoms with E-state index >= 15 is 0 Å². The zero-order valence-corrected chi connectivity index (χ0v) is 19.4. The van der Waals surface area contributed by atoms with Crippen LogP contribution >= 0.6 is 0 Å². The number of aliphatic carboxylic acids is 1. The largest absolute Gasteiger partial charge is 0.496 e. The highest BCUT2D eigenvalue weighted by atomic mass is 16.5. The van der Waals surface area contributed by atoms with Crippen molar-refractivity contribution < 1.29 is 19.4 Å². The molecule has 2 heterocycles. The number of carbonyl (C=O) groups excluding carboxylic acids is 1. The van der Waals surface area contributed by atoms with Gasteiger partial charge >= 0.3 is 5.97 Å². The van der Waals surface area contributed by atoms with Gasteiger partial charge in [0.1, 0.15) is 17.3 Å². The van der Waals surface area contributed by atoms with Crippen molar-refractivity contribution in [3.8, 4) is 5.75 Å². The van der Waals surface area contributed by atoms with Gasteiger partial charge in [-0.05, 0) is 42.0 Å². The average Bonchev–Trinajstić information content (AvgIpc) is 3.05. The summed E-state index contributed by atoms with van der Waals surface area (Å²) in [4.78, 5) is 30.7. The molecule has 32 heavy (non-hydrogen) atoms. The molecule has 170 valence electrons. The minimum absolute atomic E-state index is 0.0465. The number of carboxylic acid groups (broad SMARTS) is 1. The van der Waals surface area contributed by atoms with E-state index in [0.29, 0.717) is 29.1 Å². The van der Waals surface area contributed by atoms with Crippen molar-refractivity contribution >= 4 is 17.6 Å². The summed E-state index contributed by atoms with van der Waals surface area (Å²) < 4.78 is 5.63. The van der Waals surface area contributed by atoms with Crippen LogP contribution < -0.4 is 4.74 Å². The molecule has 0 unspecified atom stereocenters. The first-order valence-corrected chi connectivity index (χ1v) is 10.8. The first-order valence-electron chi connectivity index (χ1n) is 10.8. The Kier molecular flexibility index (Phi) is 6.67. The lowest BCUT2D eigenvalue weighted by Crippen LogP contribution is -2.31. The molecular formula is C25H31N3O4. The highest BCUT2D eigenvalue weighted by Gasteiger charge is 2.29. The van der Waals surface area contributed by atoms with Crippen molar-refractivity contribution in [1.29, 1.82) is 5.41 Å². The number of carbonyl (C=O) groups is 2. The number of fused-ring (bicyclic) bond motifs is 1. The Morgan fingerprint density at radius 2 is 1.97 bits per heavy atom. The quantitative estimate of drug-likeness (QED) is 0.605. The third-order valence-corrected chi connectivity index (χ3v) is 5.74. The monoisotopic (exact) mass is 437 g/mol. The van der Waals surface area contributed by atoms with E-state index in [1.165, 1.54) is 0 Å². The van der Waals surface area contributed by atoms with Gasteiger partial charge in [0, 0.05) is 35.3 Å². The molecule has 0 aliphatic carbocycles. The Bertz CT molecular complexity index is 1070. The number of benzene rings is 1. The molecule has 2 N–H and O–H groups in total. The number of aryl methyl sites for hydroxylation is 2. The van der Waals surface area contributed by atoms with Crippen LogP contribution in [-0.4, -0.2) is 46.2 Å². The molecule has 1 aromatic heterocycles. The number of Topliss-reactive ketones (excluding diaryl/α,β-unsaturated/α-hetero) is 1. The molecule has 3 rings (SSSR count). The van der Waals surface area contributed by atoms with E-state index in [9.17, 15) is 9.59 Å². The molecule has 7 nitrogen and oxygen atoms in total. The minimum atomic E-state index is -0.900. The second kappa shape index (κ2) is 9.10. The molecule has 0 atom stereocenters. The van der Waals surface area contributed by atoms with Gasteiger partial charge in [-0.15, -0.1) is 0 Å². The maximum absolute atomic E-state index is 13.3. The lowest BCUT2D eigenvalue weighted by Gasteiger charge is -2.25. The summed E-state index contributed by atoms with van der Waals surface area (Å²) in [7, 11) is 1.57. The predicted molar refractivity (Wildman–Crippen MR) is 123 cm³/mol. The number of nitrogens with zero attached hydrogens (tertiary/aromatic N) is 2. The van der Waals surface area contributed by atoms with E-state index in [4.69, 9.17) is 15.3 Å². The van der Waals surface area contributed by atoms with Crippen molar-refractivity contribution in [2.75, 3.05) is 13.7 Å². The molecule has 1 aliphatic heterocycles. The maximum Gasteiger partial charge on any atom is 0.303 e. The summed E-state index contributed by atoms with van der Waals surface area (Å²) in [5, 5.41) is 17.6. The molecule has 2 aromatic rings. The fourth-order valence-corrected chi connectivity index (χ4v) is 3.97. The molecule has 1 aliphatic rings. The van der Waals surface area contributed by atoms with E-state index in [1.54, 1.807) is 18.1 Å². The van der Waals surface area contributed by atoms with Crippen molar-refractivity contribution in [1.82, 2.24) is 9.88 Å². The molecule has 0 fully saturated rings. The number of ether oxygens (including phenoxy) is 1. The second-order valence-corrected chi connectivity index (χ2v) is 9.15. The van der Waals surface area contributed by atoms with E-state index in [0.717, 1.165) is 23.2 Å². The molecule has 7 heteroatoms. The van der Waals surface area contributed by atoms with Gasteiger partial charge in [0.25, 0.3) is 0 Å². The summed E-state index contributed by atoms with van der Waals surface area (Å²) in [5.41, 5.74) is 4.30. The second-order valence-electron chi connectivity index (χ2n) is 9.15. The van der Waals surface area contributed by atoms with Gasteiger partial charge in [-0.25, -0.2) is 4.98 Å². The van der Waals surface area contributed by atoms with Crippen LogP contribution in [0, 0.1) is 5.41 Å². The van der Waals surface area contributed by atoms with Crippen LogP contribution in [0.4, 0.5) is 0 Å². The molecule has 0 saturated carbocycles. The normalized spacial score (nSPS) is 13.3. The topological polar surface area (TPSA) is 104 Å². The summed E-state index contributed by atoms with van der Waals surface area (Å²) in [5.74, 6) is -0.126.